The van der Waals surface area contributed by atoms with Gasteiger partial charge in [-0.1, -0.05) is 46.3 Å². The summed E-state index contributed by atoms with van der Waals surface area (Å²) in [5.41, 5.74) is 1.32. The SMILES string of the molecule is ClCC(CCSc1ccccc1)c1cccc(Br)c1. The van der Waals surface area contributed by atoms with Crippen molar-refractivity contribution in [3.63, 3.8) is 0 Å². The van der Waals surface area contributed by atoms with Gasteiger partial charge in [-0.15, -0.1) is 23.4 Å². The molecule has 0 aliphatic heterocycles. The largest absolute Gasteiger partial charge is 0.126 e. The molecule has 100 valence electrons. The van der Waals surface area contributed by atoms with Gasteiger partial charge in [0.25, 0.3) is 0 Å². The number of hydrogen-bond donors (Lipinski definition) is 0. The first-order valence-electron chi connectivity index (χ1n) is 6.29. The highest BCUT2D eigenvalue weighted by Gasteiger charge is 2.10. The van der Waals surface area contributed by atoms with E-state index in [-0.39, 0.29) is 0 Å². The van der Waals surface area contributed by atoms with Crippen LogP contribution in [-0.4, -0.2) is 11.6 Å². The van der Waals surface area contributed by atoms with Crippen LogP contribution in [0.1, 0.15) is 17.9 Å². The fourth-order valence-electron chi connectivity index (χ4n) is 1.93. The fraction of sp³-hybridized carbons (Fsp3) is 0.250. The summed E-state index contributed by atoms with van der Waals surface area (Å²) in [7, 11) is 0. The summed E-state index contributed by atoms with van der Waals surface area (Å²) in [6.45, 7) is 0. The van der Waals surface area contributed by atoms with Crippen molar-refractivity contribution in [3.8, 4) is 0 Å². The number of rotatable bonds is 6. The average molecular weight is 356 g/mol. The van der Waals surface area contributed by atoms with E-state index in [1.807, 2.05) is 23.9 Å². The predicted molar refractivity (Wildman–Crippen MR) is 89.4 cm³/mol. The molecular formula is C16H16BrClS. The highest BCUT2D eigenvalue weighted by Crippen LogP contribution is 2.27. The molecular weight excluding hydrogens is 340 g/mol. The van der Waals surface area contributed by atoms with Gasteiger partial charge in [-0.3, -0.25) is 0 Å². The molecule has 0 heterocycles. The molecule has 0 saturated carbocycles. The zero-order valence-electron chi connectivity index (χ0n) is 10.6. The van der Waals surface area contributed by atoms with Crippen molar-refractivity contribution in [1.29, 1.82) is 0 Å². The summed E-state index contributed by atoms with van der Waals surface area (Å²) < 4.78 is 1.12. The summed E-state index contributed by atoms with van der Waals surface area (Å²) in [5.74, 6) is 2.19. The van der Waals surface area contributed by atoms with Crippen LogP contribution >= 0.6 is 39.3 Å². The molecule has 0 aliphatic rings. The molecule has 2 aromatic rings. The number of thioether (sulfide) groups is 1. The molecule has 0 amide bonds. The lowest BCUT2D eigenvalue weighted by Gasteiger charge is -2.14. The highest BCUT2D eigenvalue weighted by atomic mass is 79.9. The molecule has 1 atom stereocenters. The Morgan fingerprint density at radius 1 is 1.05 bits per heavy atom. The lowest BCUT2D eigenvalue weighted by Crippen LogP contribution is -2.02. The van der Waals surface area contributed by atoms with E-state index in [0.29, 0.717) is 11.8 Å². The molecule has 0 aliphatic carbocycles. The fourth-order valence-corrected chi connectivity index (χ4v) is 3.67. The lowest BCUT2D eigenvalue weighted by atomic mass is 9.99. The van der Waals surface area contributed by atoms with Crippen molar-refractivity contribution in [3.05, 3.63) is 64.6 Å². The van der Waals surface area contributed by atoms with E-state index in [9.17, 15) is 0 Å². The van der Waals surface area contributed by atoms with Crippen molar-refractivity contribution < 1.29 is 0 Å². The van der Waals surface area contributed by atoms with Gasteiger partial charge >= 0.3 is 0 Å². The summed E-state index contributed by atoms with van der Waals surface area (Å²) in [5, 5.41) is 0. The Bertz CT molecular complexity index is 501. The summed E-state index contributed by atoms with van der Waals surface area (Å²) in [6.07, 6.45) is 1.10. The van der Waals surface area contributed by atoms with Crippen LogP contribution in [-0.2, 0) is 0 Å². The number of hydrogen-bond acceptors (Lipinski definition) is 1. The van der Waals surface area contributed by atoms with E-state index in [0.717, 1.165) is 16.6 Å². The standard InChI is InChI=1S/C16H16BrClS/c17-15-6-4-5-13(11-15)14(12-18)9-10-19-16-7-2-1-3-8-16/h1-8,11,14H,9-10,12H2. The maximum atomic E-state index is 6.11. The van der Waals surface area contributed by atoms with Gasteiger partial charge in [0.2, 0.25) is 0 Å². The molecule has 2 rings (SSSR count). The zero-order chi connectivity index (χ0) is 13.5. The molecule has 1 unspecified atom stereocenters. The second-order valence-corrected chi connectivity index (χ2v) is 6.75. The van der Waals surface area contributed by atoms with Crippen LogP contribution in [0, 0.1) is 0 Å². The molecule has 0 N–H and O–H groups in total. The Balaban J connectivity index is 1.89. The van der Waals surface area contributed by atoms with Gasteiger partial charge in [0, 0.05) is 15.2 Å². The number of halogens is 2. The number of benzene rings is 2. The summed E-state index contributed by atoms with van der Waals surface area (Å²) >= 11 is 11.5. The van der Waals surface area contributed by atoms with Crippen LogP contribution in [0.15, 0.2) is 64.0 Å². The van der Waals surface area contributed by atoms with Gasteiger partial charge in [0.15, 0.2) is 0 Å². The predicted octanol–water partition coefficient (Wildman–Crippen LogP) is 5.95. The van der Waals surface area contributed by atoms with Crippen molar-refractivity contribution in [2.45, 2.75) is 17.2 Å². The van der Waals surface area contributed by atoms with Crippen LogP contribution in [0.5, 0.6) is 0 Å². The van der Waals surface area contributed by atoms with Gasteiger partial charge in [-0.2, -0.15) is 0 Å². The monoisotopic (exact) mass is 354 g/mol. The second-order valence-electron chi connectivity index (χ2n) is 4.36. The quantitative estimate of drug-likeness (QED) is 0.455. The third-order valence-electron chi connectivity index (χ3n) is 2.98. The van der Waals surface area contributed by atoms with E-state index >= 15 is 0 Å². The average Bonchev–Trinajstić information content (AvgIpc) is 2.45. The van der Waals surface area contributed by atoms with Crippen LogP contribution < -0.4 is 0 Å². The van der Waals surface area contributed by atoms with Crippen molar-refractivity contribution in [1.82, 2.24) is 0 Å². The normalized spacial score (nSPS) is 12.3. The van der Waals surface area contributed by atoms with E-state index in [1.165, 1.54) is 10.5 Å². The van der Waals surface area contributed by atoms with Gasteiger partial charge in [0.05, 0.1) is 0 Å². The highest BCUT2D eigenvalue weighted by molar-refractivity contribution is 9.10. The van der Waals surface area contributed by atoms with Gasteiger partial charge in [-0.05, 0) is 47.9 Å². The minimum absolute atomic E-state index is 0.426. The summed E-state index contributed by atoms with van der Waals surface area (Å²) in [6, 6.07) is 19.0. The van der Waals surface area contributed by atoms with Gasteiger partial charge in [-0.25, -0.2) is 0 Å². The van der Waals surface area contributed by atoms with Crippen LogP contribution in [0.4, 0.5) is 0 Å². The first-order chi connectivity index (χ1) is 9.29. The molecule has 19 heavy (non-hydrogen) atoms. The van der Waals surface area contributed by atoms with Crippen LogP contribution in [0.25, 0.3) is 0 Å². The molecule has 0 aromatic heterocycles. The molecule has 0 fully saturated rings. The maximum absolute atomic E-state index is 6.11. The Labute approximate surface area is 132 Å². The number of alkyl halides is 1. The molecule has 0 saturated heterocycles. The Hall–Kier alpha value is -0.440. The Morgan fingerprint density at radius 3 is 2.53 bits per heavy atom. The lowest BCUT2D eigenvalue weighted by molar-refractivity contribution is 0.747. The van der Waals surface area contributed by atoms with E-state index < -0.39 is 0 Å². The molecule has 0 bridgehead atoms. The van der Waals surface area contributed by atoms with Crippen molar-refractivity contribution in [2.24, 2.45) is 0 Å². The van der Waals surface area contributed by atoms with Crippen molar-refractivity contribution >= 4 is 39.3 Å². The molecule has 3 heteroatoms. The molecule has 2 aromatic carbocycles. The zero-order valence-corrected chi connectivity index (χ0v) is 13.7. The van der Waals surface area contributed by atoms with Crippen molar-refractivity contribution in [2.75, 3.05) is 11.6 Å². The third-order valence-corrected chi connectivity index (χ3v) is 4.90. The van der Waals surface area contributed by atoms with Crippen LogP contribution in [0.3, 0.4) is 0 Å². The smallest absolute Gasteiger partial charge is 0.0292 e. The minimum Gasteiger partial charge on any atom is -0.126 e. The minimum atomic E-state index is 0.426. The van der Waals surface area contributed by atoms with E-state index in [4.69, 9.17) is 11.6 Å². The third kappa shape index (κ3) is 4.87. The van der Waals surface area contributed by atoms with Crippen LogP contribution in [0.2, 0.25) is 0 Å². The topological polar surface area (TPSA) is 0 Å². The van der Waals surface area contributed by atoms with Gasteiger partial charge < -0.3 is 0 Å². The summed E-state index contributed by atoms with van der Waals surface area (Å²) in [4.78, 5) is 1.32. The Morgan fingerprint density at radius 2 is 1.84 bits per heavy atom. The van der Waals surface area contributed by atoms with E-state index in [2.05, 4.69) is 58.4 Å². The van der Waals surface area contributed by atoms with E-state index in [1.54, 1.807) is 0 Å². The maximum Gasteiger partial charge on any atom is 0.0292 e. The molecule has 0 spiro atoms. The second kappa shape index (κ2) is 7.98. The first kappa shape index (κ1) is 15.0. The molecule has 0 radical (unpaired) electrons. The Kier molecular flexibility index (Phi) is 6.29. The first-order valence-corrected chi connectivity index (χ1v) is 8.60. The van der Waals surface area contributed by atoms with Gasteiger partial charge in [0.1, 0.15) is 0 Å². The molecule has 0 nitrogen and oxygen atoms in total.